The number of hydrogen-bond acceptors (Lipinski definition) is 4. The van der Waals surface area contributed by atoms with Gasteiger partial charge in [-0.1, -0.05) is 0 Å². The largest absolute Gasteiger partial charge is 0.382 e. The zero-order valence-corrected chi connectivity index (χ0v) is 16.6. The maximum atomic E-state index is 5.39. The summed E-state index contributed by atoms with van der Waals surface area (Å²) < 4.78 is 10.7. The standard InChI is InChI=1S/C15H32N4O2.HI/c1-4-16-15(17-7-6-10-20-5-2)18-13-14(3)19-8-11-21-12-9-19;/h14H,4-13H2,1-3H3,(H2,16,17,18);1H. The number of halogens is 1. The molecule has 0 amide bonds. The molecule has 132 valence electrons. The molecule has 0 aromatic carbocycles. The Balaban J connectivity index is 0.00000441. The van der Waals surface area contributed by atoms with Gasteiger partial charge in [-0.25, -0.2) is 0 Å². The van der Waals surface area contributed by atoms with Crippen molar-refractivity contribution >= 4 is 29.9 Å². The smallest absolute Gasteiger partial charge is 0.191 e. The minimum atomic E-state index is 0. The van der Waals surface area contributed by atoms with Crippen LogP contribution in [0, 0.1) is 0 Å². The Morgan fingerprint density at radius 2 is 2.00 bits per heavy atom. The Kier molecular flexibility index (Phi) is 14.4. The molecule has 1 aliphatic rings. The van der Waals surface area contributed by atoms with Crippen LogP contribution >= 0.6 is 24.0 Å². The number of aliphatic imine (C=N–C) groups is 1. The number of nitrogens with one attached hydrogen (secondary N) is 2. The molecule has 0 aromatic heterocycles. The molecule has 2 N–H and O–H groups in total. The number of nitrogens with zero attached hydrogens (tertiary/aromatic N) is 2. The third-order valence-corrected chi connectivity index (χ3v) is 3.49. The molecule has 22 heavy (non-hydrogen) atoms. The average molecular weight is 428 g/mol. The zero-order valence-electron chi connectivity index (χ0n) is 14.3. The van der Waals surface area contributed by atoms with Gasteiger partial charge in [0.15, 0.2) is 5.96 Å². The van der Waals surface area contributed by atoms with E-state index in [2.05, 4.69) is 34.4 Å². The van der Waals surface area contributed by atoms with Gasteiger partial charge in [0.05, 0.1) is 19.8 Å². The first-order valence-electron chi connectivity index (χ1n) is 8.19. The van der Waals surface area contributed by atoms with E-state index in [9.17, 15) is 0 Å². The Morgan fingerprint density at radius 1 is 1.27 bits per heavy atom. The van der Waals surface area contributed by atoms with Crippen molar-refractivity contribution in [2.75, 3.05) is 59.2 Å². The van der Waals surface area contributed by atoms with Gasteiger partial charge >= 0.3 is 0 Å². The van der Waals surface area contributed by atoms with Crippen molar-refractivity contribution in [1.82, 2.24) is 15.5 Å². The SMILES string of the molecule is CCNC(=NCC(C)N1CCOCC1)NCCCOCC.I. The Labute approximate surface area is 152 Å². The number of morpholine rings is 1. The van der Waals surface area contributed by atoms with Crippen molar-refractivity contribution in [1.29, 1.82) is 0 Å². The summed E-state index contributed by atoms with van der Waals surface area (Å²) in [6, 6.07) is 0.452. The second-order valence-electron chi connectivity index (χ2n) is 5.19. The Hall–Kier alpha value is -0.120. The molecule has 1 atom stereocenters. The van der Waals surface area contributed by atoms with Gasteiger partial charge in [-0.05, 0) is 27.2 Å². The van der Waals surface area contributed by atoms with E-state index >= 15 is 0 Å². The minimum absolute atomic E-state index is 0. The first-order valence-corrected chi connectivity index (χ1v) is 8.19. The molecule has 1 saturated heterocycles. The van der Waals surface area contributed by atoms with Crippen LogP contribution in [0.3, 0.4) is 0 Å². The van der Waals surface area contributed by atoms with Gasteiger partial charge < -0.3 is 20.1 Å². The normalized spacial score (nSPS) is 17.7. The van der Waals surface area contributed by atoms with Crippen molar-refractivity contribution in [3.05, 3.63) is 0 Å². The van der Waals surface area contributed by atoms with E-state index in [1.54, 1.807) is 0 Å². The van der Waals surface area contributed by atoms with E-state index in [4.69, 9.17) is 9.47 Å². The fourth-order valence-electron chi connectivity index (χ4n) is 2.22. The maximum absolute atomic E-state index is 5.39. The van der Waals surface area contributed by atoms with E-state index < -0.39 is 0 Å². The number of guanidine groups is 1. The fourth-order valence-corrected chi connectivity index (χ4v) is 2.22. The van der Waals surface area contributed by atoms with Crippen LogP contribution in [0.15, 0.2) is 4.99 Å². The van der Waals surface area contributed by atoms with Crippen LogP contribution in [0.2, 0.25) is 0 Å². The van der Waals surface area contributed by atoms with Crippen molar-refractivity contribution in [3.63, 3.8) is 0 Å². The molecule has 0 radical (unpaired) electrons. The molecule has 0 spiro atoms. The molecule has 1 heterocycles. The number of ether oxygens (including phenoxy) is 2. The molecule has 1 aliphatic heterocycles. The highest BCUT2D eigenvalue weighted by Gasteiger charge is 2.16. The van der Waals surface area contributed by atoms with Crippen molar-refractivity contribution in [3.8, 4) is 0 Å². The summed E-state index contributed by atoms with van der Waals surface area (Å²) in [4.78, 5) is 7.11. The average Bonchev–Trinajstić information content (AvgIpc) is 2.52. The third-order valence-electron chi connectivity index (χ3n) is 3.49. The monoisotopic (exact) mass is 428 g/mol. The van der Waals surface area contributed by atoms with Crippen LogP contribution in [0.4, 0.5) is 0 Å². The van der Waals surface area contributed by atoms with E-state index in [0.717, 1.165) is 71.5 Å². The molecule has 7 heteroatoms. The molecule has 6 nitrogen and oxygen atoms in total. The minimum Gasteiger partial charge on any atom is -0.382 e. The van der Waals surface area contributed by atoms with Gasteiger partial charge in [-0.2, -0.15) is 0 Å². The third kappa shape index (κ3) is 9.81. The highest BCUT2D eigenvalue weighted by Crippen LogP contribution is 2.03. The lowest BCUT2D eigenvalue weighted by Crippen LogP contribution is -2.44. The molecule has 0 saturated carbocycles. The van der Waals surface area contributed by atoms with Crippen molar-refractivity contribution in [2.45, 2.75) is 33.2 Å². The molecule has 0 bridgehead atoms. The first kappa shape index (κ1) is 21.9. The fraction of sp³-hybridized carbons (Fsp3) is 0.933. The second kappa shape index (κ2) is 14.5. The summed E-state index contributed by atoms with van der Waals surface area (Å²) in [5, 5.41) is 6.64. The molecule has 1 fully saturated rings. The molecule has 1 unspecified atom stereocenters. The van der Waals surface area contributed by atoms with Crippen LogP contribution in [0.1, 0.15) is 27.2 Å². The predicted molar refractivity (Wildman–Crippen MR) is 102 cm³/mol. The highest BCUT2D eigenvalue weighted by molar-refractivity contribution is 14.0. The summed E-state index contributed by atoms with van der Waals surface area (Å²) in [5.74, 6) is 0.897. The first-order chi connectivity index (χ1) is 10.3. The second-order valence-corrected chi connectivity index (χ2v) is 5.19. The van der Waals surface area contributed by atoms with Crippen molar-refractivity contribution < 1.29 is 9.47 Å². The van der Waals surface area contributed by atoms with Crippen molar-refractivity contribution in [2.24, 2.45) is 4.99 Å². The Bertz CT molecular complexity index is 287. The quantitative estimate of drug-likeness (QED) is 0.251. The van der Waals surface area contributed by atoms with Gasteiger partial charge in [-0.3, -0.25) is 9.89 Å². The van der Waals surface area contributed by atoms with Gasteiger partial charge in [0.25, 0.3) is 0 Å². The van der Waals surface area contributed by atoms with E-state index in [-0.39, 0.29) is 24.0 Å². The lowest BCUT2D eigenvalue weighted by molar-refractivity contribution is 0.0220. The highest BCUT2D eigenvalue weighted by atomic mass is 127. The van der Waals surface area contributed by atoms with Gasteiger partial charge in [0, 0.05) is 45.4 Å². The lowest BCUT2D eigenvalue weighted by Gasteiger charge is -2.31. The molecular formula is C15H33IN4O2. The molecular weight excluding hydrogens is 395 g/mol. The van der Waals surface area contributed by atoms with Gasteiger partial charge in [0.1, 0.15) is 0 Å². The number of hydrogen-bond donors (Lipinski definition) is 2. The van der Waals surface area contributed by atoms with Crippen LogP contribution in [0.25, 0.3) is 0 Å². The predicted octanol–water partition coefficient (Wildman–Crippen LogP) is 1.31. The van der Waals surface area contributed by atoms with Crippen LogP contribution in [0.5, 0.6) is 0 Å². The number of rotatable bonds is 9. The van der Waals surface area contributed by atoms with Crippen LogP contribution in [-0.2, 0) is 9.47 Å². The summed E-state index contributed by atoms with van der Waals surface area (Å²) in [7, 11) is 0. The molecule has 0 aromatic rings. The zero-order chi connectivity index (χ0) is 15.3. The molecule has 0 aliphatic carbocycles. The van der Waals surface area contributed by atoms with Crippen LogP contribution < -0.4 is 10.6 Å². The van der Waals surface area contributed by atoms with E-state index in [1.165, 1.54) is 0 Å². The lowest BCUT2D eigenvalue weighted by atomic mass is 10.2. The maximum Gasteiger partial charge on any atom is 0.191 e. The van der Waals surface area contributed by atoms with E-state index in [0.29, 0.717) is 6.04 Å². The molecule has 1 rings (SSSR count). The van der Waals surface area contributed by atoms with Gasteiger partial charge in [-0.15, -0.1) is 24.0 Å². The topological polar surface area (TPSA) is 58.1 Å². The van der Waals surface area contributed by atoms with Gasteiger partial charge in [0.2, 0.25) is 0 Å². The summed E-state index contributed by atoms with van der Waals surface area (Å²) in [5.41, 5.74) is 0. The summed E-state index contributed by atoms with van der Waals surface area (Å²) in [6.07, 6.45) is 0.997. The summed E-state index contributed by atoms with van der Waals surface area (Å²) >= 11 is 0. The Morgan fingerprint density at radius 3 is 2.64 bits per heavy atom. The summed E-state index contributed by atoms with van der Waals surface area (Å²) in [6.45, 7) is 14.2. The van der Waals surface area contributed by atoms with Crippen LogP contribution in [-0.4, -0.2) is 76.1 Å². The van der Waals surface area contributed by atoms with E-state index in [1.807, 2.05) is 6.92 Å².